The highest BCUT2D eigenvalue weighted by Crippen LogP contribution is 2.35. The van der Waals surface area contributed by atoms with Crippen LogP contribution in [0.15, 0.2) is 6.20 Å². The molecule has 0 radical (unpaired) electrons. The Kier molecular flexibility index (Phi) is 3.97. The summed E-state index contributed by atoms with van der Waals surface area (Å²) in [4.78, 5) is 15.6. The molecule has 1 atom stereocenters. The van der Waals surface area contributed by atoms with E-state index in [1.165, 1.54) is 4.90 Å². The fourth-order valence-corrected chi connectivity index (χ4v) is 1.88. The Morgan fingerprint density at radius 1 is 1.53 bits per heavy atom. The van der Waals surface area contributed by atoms with E-state index < -0.39 is 17.1 Å². The van der Waals surface area contributed by atoms with Gasteiger partial charge >= 0.3 is 6.18 Å². The van der Waals surface area contributed by atoms with E-state index in [0.717, 1.165) is 6.20 Å². The SMILES string of the molecule is C[C@H](Nc1ncc(C(F)(F)F)s1)C(=O)N(C)C. The first-order valence-electron chi connectivity index (χ1n) is 4.72. The topological polar surface area (TPSA) is 45.2 Å². The molecule has 0 saturated carbocycles. The van der Waals surface area contributed by atoms with Crippen molar-refractivity contribution in [3.8, 4) is 0 Å². The van der Waals surface area contributed by atoms with Crippen LogP contribution in [0, 0.1) is 0 Å². The van der Waals surface area contributed by atoms with Gasteiger partial charge in [0.15, 0.2) is 5.13 Å². The number of carbonyl (C=O) groups is 1. The van der Waals surface area contributed by atoms with Crippen LogP contribution in [0.3, 0.4) is 0 Å². The fraction of sp³-hybridized carbons (Fsp3) is 0.556. The van der Waals surface area contributed by atoms with Gasteiger partial charge in [-0.1, -0.05) is 11.3 Å². The third-order valence-corrected chi connectivity index (χ3v) is 2.91. The summed E-state index contributed by atoms with van der Waals surface area (Å²) in [7, 11) is 3.15. The second-order valence-electron chi connectivity index (χ2n) is 3.63. The van der Waals surface area contributed by atoms with Gasteiger partial charge in [-0.2, -0.15) is 13.2 Å². The van der Waals surface area contributed by atoms with Crippen molar-refractivity contribution in [3.63, 3.8) is 0 Å². The molecule has 1 aromatic rings. The zero-order valence-corrected chi connectivity index (χ0v) is 10.3. The summed E-state index contributed by atoms with van der Waals surface area (Å²) >= 11 is 0.479. The maximum Gasteiger partial charge on any atom is 0.427 e. The number of hydrogen-bond donors (Lipinski definition) is 1. The first-order chi connectivity index (χ1) is 7.71. The van der Waals surface area contributed by atoms with E-state index >= 15 is 0 Å². The van der Waals surface area contributed by atoms with E-state index in [2.05, 4.69) is 10.3 Å². The molecular formula is C9H12F3N3OS. The van der Waals surface area contributed by atoms with Gasteiger partial charge in [0, 0.05) is 14.1 Å². The molecule has 0 aliphatic carbocycles. The Hall–Kier alpha value is -1.31. The quantitative estimate of drug-likeness (QED) is 0.911. The molecule has 1 aromatic heterocycles. The molecule has 0 fully saturated rings. The van der Waals surface area contributed by atoms with Gasteiger partial charge in [-0.15, -0.1) is 0 Å². The number of nitrogens with zero attached hydrogens (tertiary/aromatic N) is 2. The van der Waals surface area contributed by atoms with Crippen LogP contribution in [0.25, 0.3) is 0 Å². The molecule has 0 aliphatic rings. The summed E-state index contributed by atoms with van der Waals surface area (Å²) in [6, 6.07) is -0.614. The summed E-state index contributed by atoms with van der Waals surface area (Å²) in [5.74, 6) is -0.228. The third-order valence-electron chi connectivity index (χ3n) is 1.94. The van der Waals surface area contributed by atoms with Crippen molar-refractivity contribution < 1.29 is 18.0 Å². The minimum Gasteiger partial charge on any atom is -0.350 e. The van der Waals surface area contributed by atoms with Crippen LogP contribution in [0.2, 0.25) is 0 Å². The standard InChI is InChI=1S/C9H12F3N3OS/c1-5(7(16)15(2)3)14-8-13-4-6(17-8)9(10,11)12/h4-5H,1-3H3,(H,13,14)/t5-/m0/s1. The number of alkyl halides is 3. The molecule has 8 heteroatoms. The molecule has 1 N–H and O–H groups in total. The number of carbonyl (C=O) groups excluding carboxylic acids is 1. The van der Waals surface area contributed by atoms with Crippen molar-refractivity contribution in [2.45, 2.75) is 19.1 Å². The Labute approximate surface area is 100 Å². The Balaban J connectivity index is 2.70. The van der Waals surface area contributed by atoms with Crippen LogP contribution in [0.4, 0.5) is 18.3 Å². The predicted molar refractivity (Wildman–Crippen MR) is 58.9 cm³/mol. The monoisotopic (exact) mass is 267 g/mol. The number of anilines is 1. The predicted octanol–water partition coefficient (Wildman–Crippen LogP) is 2.05. The van der Waals surface area contributed by atoms with E-state index in [9.17, 15) is 18.0 Å². The van der Waals surface area contributed by atoms with Crippen LogP contribution in [0.1, 0.15) is 11.8 Å². The molecule has 0 aromatic carbocycles. The number of rotatable bonds is 3. The van der Waals surface area contributed by atoms with E-state index in [0.29, 0.717) is 11.3 Å². The highest BCUT2D eigenvalue weighted by Gasteiger charge is 2.33. The average Bonchev–Trinajstić information content (AvgIpc) is 2.64. The summed E-state index contributed by atoms with van der Waals surface area (Å²) in [5, 5.41) is 2.72. The van der Waals surface area contributed by atoms with Gasteiger partial charge < -0.3 is 10.2 Å². The van der Waals surface area contributed by atoms with Gasteiger partial charge in [0.1, 0.15) is 10.9 Å². The summed E-state index contributed by atoms with van der Waals surface area (Å²) in [6.45, 7) is 1.57. The normalized spacial score (nSPS) is 13.3. The first kappa shape index (κ1) is 13.8. The van der Waals surface area contributed by atoms with Crippen molar-refractivity contribution in [1.82, 2.24) is 9.88 Å². The fourth-order valence-electron chi connectivity index (χ4n) is 1.11. The maximum atomic E-state index is 12.3. The van der Waals surface area contributed by atoms with Crippen molar-refractivity contribution >= 4 is 22.4 Å². The Bertz CT molecular complexity index is 402. The van der Waals surface area contributed by atoms with E-state index in [-0.39, 0.29) is 11.0 Å². The molecule has 0 saturated heterocycles. The molecule has 96 valence electrons. The Morgan fingerprint density at radius 2 is 2.12 bits per heavy atom. The average molecular weight is 267 g/mol. The van der Waals surface area contributed by atoms with Crippen LogP contribution in [-0.2, 0) is 11.0 Å². The van der Waals surface area contributed by atoms with E-state index in [1.807, 2.05) is 0 Å². The van der Waals surface area contributed by atoms with E-state index in [1.54, 1.807) is 21.0 Å². The summed E-state index contributed by atoms with van der Waals surface area (Å²) < 4.78 is 36.9. The molecule has 0 bridgehead atoms. The molecule has 0 unspecified atom stereocenters. The van der Waals surface area contributed by atoms with Gasteiger partial charge in [0.05, 0.1) is 6.20 Å². The highest BCUT2D eigenvalue weighted by atomic mass is 32.1. The van der Waals surface area contributed by atoms with Crippen molar-refractivity contribution in [1.29, 1.82) is 0 Å². The van der Waals surface area contributed by atoms with Gasteiger partial charge in [0.25, 0.3) is 0 Å². The highest BCUT2D eigenvalue weighted by molar-refractivity contribution is 7.15. The minimum atomic E-state index is -4.40. The number of halogens is 3. The third kappa shape index (κ3) is 3.58. The zero-order chi connectivity index (χ0) is 13.2. The number of thiazole rings is 1. The molecule has 1 amide bonds. The van der Waals surface area contributed by atoms with Crippen molar-refractivity contribution in [2.75, 3.05) is 19.4 Å². The van der Waals surface area contributed by atoms with Gasteiger partial charge in [-0.3, -0.25) is 4.79 Å². The lowest BCUT2D eigenvalue weighted by Crippen LogP contribution is -2.36. The van der Waals surface area contributed by atoms with Gasteiger partial charge in [0.2, 0.25) is 5.91 Å². The second kappa shape index (κ2) is 4.91. The second-order valence-corrected chi connectivity index (χ2v) is 4.66. The number of hydrogen-bond acceptors (Lipinski definition) is 4. The number of aromatic nitrogens is 1. The lowest BCUT2D eigenvalue weighted by atomic mass is 10.3. The number of nitrogens with one attached hydrogen (secondary N) is 1. The first-order valence-corrected chi connectivity index (χ1v) is 5.54. The van der Waals surface area contributed by atoms with Crippen LogP contribution in [-0.4, -0.2) is 35.9 Å². The molecule has 4 nitrogen and oxygen atoms in total. The number of amides is 1. The summed E-state index contributed by atoms with van der Waals surface area (Å²) in [5.41, 5.74) is 0. The summed E-state index contributed by atoms with van der Waals surface area (Å²) in [6.07, 6.45) is -3.65. The molecular weight excluding hydrogens is 255 g/mol. The molecule has 0 spiro atoms. The zero-order valence-electron chi connectivity index (χ0n) is 9.50. The van der Waals surface area contributed by atoms with Gasteiger partial charge in [-0.05, 0) is 6.92 Å². The maximum absolute atomic E-state index is 12.3. The molecule has 17 heavy (non-hydrogen) atoms. The van der Waals surface area contributed by atoms with Crippen LogP contribution >= 0.6 is 11.3 Å². The molecule has 0 aliphatic heterocycles. The Morgan fingerprint density at radius 3 is 2.53 bits per heavy atom. The lowest BCUT2D eigenvalue weighted by molar-refractivity contribution is -0.134. The van der Waals surface area contributed by atoms with E-state index in [4.69, 9.17) is 0 Å². The van der Waals surface area contributed by atoms with Crippen molar-refractivity contribution in [2.24, 2.45) is 0 Å². The van der Waals surface area contributed by atoms with Crippen molar-refractivity contribution in [3.05, 3.63) is 11.1 Å². The lowest BCUT2D eigenvalue weighted by Gasteiger charge is -2.17. The van der Waals surface area contributed by atoms with Crippen LogP contribution < -0.4 is 5.32 Å². The van der Waals surface area contributed by atoms with Crippen LogP contribution in [0.5, 0.6) is 0 Å². The molecule has 1 rings (SSSR count). The molecule has 1 heterocycles. The number of likely N-dealkylation sites (N-methyl/N-ethyl adjacent to an activating group) is 1. The van der Waals surface area contributed by atoms with Gasteiger partial charge in [-0.25, -0.2) is 4.98 Å². The minimum absolute atomic E-state index is 0.0834. The largest absolute Gasteiger partial charge is 0.427 e. The smallest absolute Gasteiger partial charge is 0.350 e.